The molecule has 65 heavy (non-hydrogen) atoms. The van der Waals surface area contributed by atoms with Crippen LogP contribution in [0.2, 0.25) is 0 Å². The molecule has 0 aliphatic carbocycles. The van der Waals surface area contributed by atoms with Crippen LogP contribution in [-0.4, -0.2) is 91.1 Å². The lowest BCUT2D eigenvalue weighted by molar-refractivity contribution is -0.138. The molecule has 4 heterocycles. The first-order valence-electron chi connectivity index (χ1n) is 21.7. The summed E-state index contributed by atoms with van der Waals surface area (Å²) in [5, 5.41) is 14.4. The third-order valence-electron chi connectivity index (χ3n) is 12.1. The van der Waals surface area contributed by atoms with Gasteiger partial charge in [-0.3, -0.25) is 9.59 Å². The van der Waals surface area contributed by atoms with Gasteiger partial charge in [-0.15, -0.1) is 0 Å². The average molecular weight is 895 g/mol. The Morgan fingerprint density at radius 1 is 0.723 bits per heavy atom. The molecule has 4 atom stereocenters. The molecule has 2 aliphatic rings. The Bertz CT molecular complexity index is 2510. The van der Waals surface area contributed by atoms with Crippen molar-refractivity contribution in [1.29, 1.82) is 0 Å². The van der Waals surface area contributed by atoms with Gasteiger partial charge < -0.3 is 40.2 Å². The first-order chi connectivity index (χ1) is 31.0. The second-order valence-corrected chi connectivity index (χ2v) is 17.1. The molecule has 0 radical (unpaired) electrons. The maximum atomic E-state index is 13.7. The lowest BCUT2D eigenvalue weighted by Gasteiger charge is -2.30. The molecule has 342 valence electrons. The maximum Gasteiger partial charge on any atom is 0.416 e. The number of methoxy groups -OCH3 is 1. The zero-order valence-electron chi connectivity index (χ0n) is 36.8. The number of nitrogens with one attached hydrogen (secondary N) is 4. The van der Waals surface area contributed by atoms with Crippen molar-refractivity contribution in [3.05, 3.63) is 119 Å². The predicted molar refractivity (Wildman–Crippen MR) is 238 cm³/mol. The topological polar surface area (TPSA) is 186 Å². The third kappa shape index (κ3) is 10.4. The van der Waals surface area contributed by atoms with Crippen LogP contribution in [-0.2, 0) is 20.5 Å². The second-order valence-electron chi connectivity index (χ2n) is 17.1. The number of alkyl carbamates (subject to hydrolysis) is 1. The Labute approximate surface area is 374 Å². The van der Waals surface area contributed by atoms with E-state index in [1.807, 2.05) is 68.5 Å². The van der Waals surface area contributed by atoms with Crippen molar-refractivity contribution in [2.45, 2.75) is 83.7 Å². The van der Waals surface area contributed by atoms with E-state index < -0.39 is 36.0 Å². The Kier molecular flexibility index (Phi) is 13.8. The highest BCUT2D eigenvalue weighted by Gasteiger charge is 2.39. The summed E-state index contributed by atoms with van der Waals surface area (Å²) in [5.74, 6) is 0.313. The van der Waals surface area contributed by atoms with Gasteiger partial charge in [-0.25, -0.2) is 19.6 Å². The summed E-state index contributed by atoms with van der Waals surface area (Å²) in [6.07, 6.45) is 1.80. The number of hydrogen-bond acceptors (Lipinski definition) is 7. The van der Waals surface area contributed by atoms with Crippen LogP contribution in [0.4, 0.5) is 22.8 Å². The molecular formula is C48H53F3N8O6. The third-order valence-corrected chi connectivity index (χ3v) is 12.1. The van der Waals surface area contributed by atoms with Gasteiger partial charge in [-0.2, -0.15) is 13.2 Å². The Hall–Kier alpha value is -6.91. The van der Waals surface area contributed by atoms with Crippen molar-refractivity contribution in [2.75, 3.05) is 20.2 Å². The van der Waals surface area contributed by atoms with E-state index in [2.05, 4.69) is 30.6 Å². The highest BCUT2D eigenvalue weighted by Crippen LogP contribution is 2.36. The van der Waals surface area contributed by atoms with E-state index in [0.717, 1.165) is 58.6 Å². The number of likely N-dealkylation sites (tertiary alicyclic amines) is 2. The van der Waals surface area contributed by atoms with E-state index in [1.165, 1.54) is 19.2 Å². The number of ether oxygens (including phenoxy) is 1. The molecular weight excluding hydrogens is 842 g/mol. The van der Waals surface area contributed by atoms with Crippen LogP contribution in [0.25, 0.3) is 34.2 Å². The normalized spacial score (nSPS) is 17.7. The van der Waals surface area contributed by atoms with Crippen molar-refractivity contribution in [3.8, 4) is 22.5 Å². The van der Waals surface area contributed by atoms with E-state index >= 15 is 0 Å². The van der Waals surface area contributed by atoms with Crippen LogP contribution in [0, 0.1) is 11.8 Å². The van der Waals surface area contributed by atoms with Crippen LogP contribution in [0.3, 0.4) is 0 Å². The van der Waals surface area contributed by atoms with Crippen molar-refractivity contribution >= 4 is 35.6 Å². The number of hydrogen-bond donors (Lipinski definition) is 5. The summed E-state index contributed by atoms with van der Waals surface area (Å²) in [6, 6.07) is 18.0. The SMILES string of the molecule is COC(=O)N[C@H](C(=O)N1CCC[C@H]1c1ncc(-c2ccc(/C(=C/c3ccc(-c4cnc([C@@H]5CCCN5C(=O)[C@@H](NC(=O)O)C(C)C)[nH]4)cc3)c3ccc(C(F)(F)F)cc3)cc2)[nH]1)C(C)C. The summed E-state index contributed by atoms with van der Waals surface area (Å²) in [6.45, 7) is 8.31. The molecule has 2 saturated heterocycles. The van der Waals surface area contributed by atoms with Crippen LogP contribution >= 0.6 is 0 Å². The largest absolute Gasteiger partial charge is 0.465 e. The molecule has 17 heteroatoms. The number of carbonyl (C=O) groups is 4. The minimum Gasteiger partial charge on any atom is -0.465 e. The number of nitrogens with zero attached hydrogens (tertiary/aromatic N) is 4. The summed E-state index contributed by atoms with van der Waals surface area (Å²) >= 11 is 0. The molecule has 5 N–H and O–H groups in total. The van der Waals surface area contributed by atoms with Gasteiger partial charge in [0.2, 0.25) is 11.8 Å². The number of benzene rings is 3. The van der Waals surface area contributed by atoms with Crippen LogP contribution in [0.1, 0.15) is 99.4 Å². The number of H-pyrrole nitrogens is 2. The Morgan fingerprint density at radius 2 is 1.17 bits per heavy atom. The van der Waals surface area contributed by atoms with E-state index in [4.69, 9.17) is 4.74 Å². The zero-order valence-corrected chi connectivity index (χ0v) is 36.8. The maximum absolute atomic E-state index is 13.7. The van der Waals surface area contributed by atoms with Gasteiger partial charge >= 0.3 is 18.4 Å². The summed E-state index contributed by atoms with van der Waals surface area (Å²) in [7, 11) is 1.25. The second kappa shape index (κ2) is 19.5. The quantitative estimate of drug-likeness (QED) is 0.0725. The number of rotatable bonds is 13. The molecule has 3 aromatic carbocycles. The van der Waals surface area contributed by atoms with E-state index in [0.29, 0.717) is 48.7 Å². The van der Waals surface area contributed by atoms with Gasteiger partial charge in [-0.05, 0) is 89.1 Å². The highest BCUT2D eigenvalue weighted by atomic mass is 19.4. The number of aromatic nitrogens is 4. The fourth-order valence-electron chi connectivity index (χ4n) is 8.57. The fraction of sp³-hybridized carbons (Fsp3) is 0.375. The first-order valence-corrected chi connectivity index (χ1v) is 21.7. The van der Waals surface area contributed by atoms with Gasteiger partial charge in [0.05, 0.1) is 48.5 Å². The van der Waals surface area contributed by atoms with Gasteiger partial charge in [0.25, 0.3) is 0 Å². The summed E-state index contributed by atoms with van der Waals surface area (Å²) in [4.78, 5) is 70.0. The molecule has 0 bridgehead atoms. The zero-order chi connectivity index (χ0) is 46.6. The number of amides is 4. The lowest BCUT2D eigenvalue weighted by Crippen LogP contribution is -2.51. The monoisotopic (exact) mass is 894 g/mol. The van der Waals surface area contributed by atoms with Gasteiger partial charge in [0, 0.05) is 13.1 Å². The number of imidazole rings is 2. The van der Waals surface area contributed by atoms with Crippen molar-refractivity contribution in [1.82, 2.24) is 40.4 Å². The minimum absolute atomic E-state index is 0.170. The number of halogens is 3. The number of carbonyl (C=O) groups excluding carboxylic acids is 3. The highest BCUT2D eigenvalue weighted by molar-refractivity contribution is 5.92. The average Bonchev–Trinajstić information content (AvgIpc) is 4.13. The van der Waals surface area contributed by atoms with Crippen LogP contribution in [0.5, 0.6) is 0 Å². The minimum atomic E-state index is -4.49. The molecule has 0 saturated carbocycles. The predicted octanol–water partition coefficient (Wildman–Crippen LogP) is 9.07. The van der Waals surface area contributed by atoms with E-state index in [1.54, 1.807) is 36.0 Å². The van der Waals surface area contributed by atoms with Crippen LogP contribution in [0.15, 0.2) is 85.2 Å². The van der Waals surface area contributed by atoms with E-state index in [-0.39, 0.29) is 35.7 Å². The van der Waals surface area contributed by atoms with Gasteiger partial charge in [-0.1, -0.05) is 88.4 Å². The van der Waals surface area contributed by atoms with Gasteiger partial charge in [0.1, 0.15) is 23.7 Å². The molecule has 5 aromatic rings. The van der Waals surface area contributed by atoms with Crippen molar-refractivity contribution in [2.24, 2.45) is 11.8 Å². The smallest absolute Gasteiger partial charge is 0.416 e. The van der Waals surface area contributed by atoms with E-state index in [9.17, 15) is 37.5 Å². The van der Waals surface area contributed by atoms with Gasteiger partial charge in [0.15, 0.2) is 0 Å². The molecule has 7 rings (SSSR count). The summed E-state index contributed by atoms with van der Waals surface area (Å²) < 4.78 is 45.5. The molecule has 14 nitrogen and oxygen atoms in total. The Balaban J connectivity index is 1.12. The molecule has 2 aromatic heterocycles. The summed E-state index contributed by atoms with van der Waals surface area (Å²) in [5.41, 5.74) is 5.16. The first kappa shape index (κ1) is 46.1. The number of carboxylic acid groups (broad SMARTS) is 1. The molecule has 4 amide bonds. The fourth-order valence-corrected chi connectivity index (χ4v) is 8.57. The number of alkyl halides is 3. The van der Waals surface area contributed by atoms with Crippen LogP contribution < -0.4 is 10.6 Å². The molecule has 0 spiro atoms. The standard InChI is InChI=1S/C48H53F3N8O6/c1-27(2)40(56-46(62)63)44(60)58-22-6-8-38(58)42-52-25-36(54-42)32-12-10-29(11-13-32)24-35(31-18-20-34(21-19-31)48(49,50)51)30-14-16-33(17-15-30)37-26-53-43(55-37)39-9-7-23-59(39)45(61)41(28(3)4)57-47(64)65-5/h10-21,24-28,38-41,56H,6-9,22-23H2,1-5H3,(H,52,54)(H,53,55)(H,57,64)(H,62,63)/b35-24-/t38-,39-,40-,41-/m0/s1. The molecule has 0 unspecified atom stereocenters. The Morgan fingerprint density at radius 3 is 1.60 bits per heavy atom. The molecule has 2 aliphatic heterocycles. The number of aromatic amines is 2. The van der Waals surface area contributed by atoms with Crippen molar-refractivity contribution < 1.29 is 42.2 Å². The molecule has 2 fully saturated rings. The van der Waals surface area contributed by atoms with Crippen molar-refractivity contribution in [3.63, 3.8) is 0 Å². The lowest BCUT2D eigenvalue weighted by atomic mass is 9.93.